The van der Waals surface area contributed by atoms with E-state index in [1.165, 1.54) is 0 Å². The van der Waals surface area contributed by atoms with E-state index in [0.717, 1.165) is 12.2 Å². The van der Waals surface area contributed by atoms with Crippen LogP contribution in [0.1, 0.15) is 19.7 Å². The molecule has 1 heterocycles. The number of hydrogen-bond acceptors (Lipinski definition) is 4. The molecule has 0 aromatic carbocycles. The Morgan fingerprint density at radius 2 is 2.25 bits per heavy atom. The number of carbonyl (C=O) groups is 1. The third kappa shape index (κ3) is 3.44. The van der Waals surface area contributed by atoms with Gasteiger partial charge < -0.3 is 10.6 Å². The third-order valence-corrected chi connectivity index (χ3v) is 2.47. The number of nitrogens with zero attached hydrogens (tertiary/aromatic N) is 2. The first kappa shape index (κ1) is 12.9. The number of halogens is 1. The maximum Gasteiger partial charge on any atom is 0.241 e. The van der Waals surface area contributed by atoms with Crippen LogP contribution < -0.4 is 10.6 Å². The third-order valence-electron chi connectivity index (χ3n) is 2.06. The fourth-order valence-electron chi connectivity index (χ4n) is 1.20. The molecule has 0 aliphatic heterocycles. The lowest BCUT2D eigenvalue weighted by Crippen LogP contribution is -2.35. The first-order valence-corrected chi connectivity index (χ1v) is 5.87. The topological polar surface area (TPSA) is 66.9 Å². The summed E-state index contributed by atoms with van der Waals surface area (Å²) in [6.07, 6.45) is 0.752. The van der Waals surface area contributed by atoms with Crippen molar-refractivity contribution in [2.24, 2.45) is 0 Å². The van der Waals surface area contributed by atoms with E-state index < -0.39 is 0 Å². The number of hydrogen-bond donors (Lipinski definition) is 2. The molecule has 1 amide bonds. The molecule has 16 heavy (non-hydrogen) atoms. The molecule has 1 rings (SSSR count). The van der Waals surface area contributed by atoms with Gasteiger partial charge >= 0.3 is 0 Å². The second-order valence-electron chi connectivity index (χ2n) is 3.33. The molecule has 6 heteroatoms. The van der Waals surface area contributed by atoms with E-state index in [9.17, 15) is 4.79 Å². The normalized spacial score (nSPS) is 12.0. The van der Waals surface area contributed by atoms with Gasteiger partial charge in [-0.25, -0.2) is 9.97 Å². The maximum atomic E-state index is 11.3. The average molecular weight is 287 g/mol. The zero-order valence-corrected chi connectivity index (χ0v) is 11.1. The molecular formula is C10H15BrN4O. The van der Waals surface area contributed by atoms with Crippen LogP contribution in [0.3, 0.4) is 0 Å². The lowest BCUT2D eigenvalue weighted by molar-refractivity contribution is -0.121. The molecular weight excluding hydrogens is 272 g/mol. The van der Waals surface area contributed by atoms with Crippen LogP contribution in [0.4, 0.5) is 5.82 Å². The molecule has 1 aromatic rings. The Morgan fingerprint density at radius 3 is 2.81 bits per heavy atom. The molecule has 0 spiro atoms. The molecule has 88 valence electrons. The summed E-state index contributed by atoms with van der Waals surface area (Å²) in [6, 6.07) is 1.43. The van der Waals surface area contributed by atoms with Gasteiger partial charge in [-0.1, -0.05) is 6.92 Å². The van der Waals surface area contributed by atoms with Gasteiger partial charge in [0.15, 0.2) is 0 Å². The Hall–Kier alpha value is -1.17. The minimum Gasteiger partial charge on any atom is -0.358 e. The van der Waals surface area contributed by atoms with Crippen molar-refractivity contribution in [1.82, 2.24) is 15.3 Å². The highest BCUT2D eigenvalue weighted by atomic mass is 79.9. The Kier molecular flexibility index (Phi) is 4.67. The van der Waals surface area contributed by atoms with Crippen molar-refractivity contribution in [3.8, 4) is 0 Å². The average Bonchev–Trinajstić information content (AvgIpc) is 2.26. The predicted molar refractivity (Wildman–Crippen MR) is 66.3 cm³/mol. The van der Waals surface area contributed by atoms with E-state index >= 15 is 0 Å². The molecule has 0 bridgehead atoms. The molecule has 0 aliphatic rings. The molecule has 1 unspecified atom stereocenters. The second-order valence-corrected chi connectivity index (χ2v) is 4.14. The van der Waals surface area contributed by atoms with E-state index in [-0.39, 0.29) is 11.9 Å². The number of aromatic nitrogens is 2. The molecule has 0 fully saturated rings. The van der Waals surface area contributed by atoms with Gasteiger partial charge in [-0.3, -0.25) is 4.79 Å². The lowest BCUT2D eigenvalue weighted by atomic mass is 10.3. The smallest absolute Gasteiger partial charge is 0.241 e. The number of aryl methyl sites for hydroxylation is 1. The van der Waals surface area contributed by atoms with Crippen LogP contribution >= 0.6 is 15.9 Å². The fourth-order valence-corrected chi connectivity index (χ4v) is 1.62. The van der Waals surface area contributed by atoms with Crippen molar-refractivity contribution in [2.45, 2.75) is 26.3 Å². The number of anilines is 1. The van der Waals surface area contributed by atoms with E-state index in [4.69, 9.17) is 0 Å². The van der Waals surface area contributed by atoms with E-state index in [1.54, 1.807) is 20.0 Å². The Bertz CT molecular complexity index is 383. The van der Waals surface area contributed by atoms with E-state index in [1.807, 2.05) is 6.92 Å². The summed E-state index contributed by atoms with van der Waals surface area (Å²) in [5.41, 5.74) is 0. The number of nitrogens with one attached hydrogen (secondary N) is 2. The highest BCUT2D eigenvalue weighted by molar-refractivity contribution is 9.10. The van der Waals surface area contributed by atoms with Gasteiger partial charge in [0.2, 0.25) is 5.91 Å². The van der Waals surface area contributed by atoms with Crippen molar-refractivity contribution in [3.63, 3.8) is 0 Å². The monoisotopic (exact) mass is 286 g/mol. The van der Waals surface area contributed by atoms with Crippen molar-refractivity contribution in [1.29, 1.82) is 0 Å². The molecule has 0 aliphatic carbocycles. The number of likely N-dealkylation sites (N-methyl/N-ethyl adjacent to an activating group) is 1. The van der Waals surface area contributed by atoms with Crippen molar-refractivity contribution in [3.05, 3.63) is 16.5 Å². The summed E-state index contributed by atoms with van der Waals surface area (Å²) in [5.74, 6) is 1.31. The number of rotatable bonds is 4. The Labute approximate surface area is 103 Å². The largest absolute Gasteiger partial charge is 0.358 e. The van der Waals surface area contributed by atoms with Crippen LogP contribution in [0.2, 0.25) is 0 Å². The lowest BCUT2D eigenvalue weighted by Gasteiger charge is -2.13. The van der Waals surface area contributed by atoms with Crippen LogP contribution in [0.15, 0.2) is 10.7 Å². The summed E-state index contributed by atoms with van der Waals surface area (Å²) in [5, 5.41) is 5.59. The van der Waals surface area contributed by atoms with Gasteiger partial charge in [0.05, 0.1) is 0 Å². The highest BCUT2D eigenvalue weighted by Crippen LogP contribution is 2.13. The van der Waals surface area contributed by atoms with Crippen molar-refractivity contribution in [2.75, 3.05) is 12.4 Å². The summed E-state index contributed by atoms with van der Waals surface area (Å²) in [7, 11) is 1.61. The van der Waals surface area contributed by atoms with Gasteiger partial charge in [-0.05, 0) is 22.9 Å². The summed E-state index contributed by atoms with van der Waals surface area (Å²) in [6.45, 7) is 3.76. The predicted octanol–water partition coefficient (Wildman–Crippen LogP) is 1.35. The van der Waals surface area contributed by atoms with Crippen molar-refractivity contribution < 1.29 is 4.79 Å². The number of carbonyl (C=O) groups excluding carboxylic acids is 1. The van der Waals surface area contributed by atoms with Crippen molar-refractivity contribution >= 4 is 27.7 Å². The van der Waals surface area contributed by atoms with Gasteiger partial charge in [-0.2, -0.15) is 0 Å². The summed E-state index contributed by atoms with van der Waals surface area (Å²) >= 11 is 3.31. The molecule has 0 radical (unpaired) electrons. The van der Waals surface area contributed by atoms with Crippen LogP contribution in [-0.2, 0) is 11.2 Å². The molecule has 2 N–H and O–H groups in total. The summed E-state index contributed by atoms with van der Waals surface area (Å²) < 4.78 is 0.714. The van der Waals surface area contributed by atoms with Crippen LogP contribution in [0.5, 0.6) is 0 Å². The van der Waals surface area contributed by atoms with Crippen LogP contribution in [0.25, 0.3) is 0 Å². The minimum atomic E-state index is -0.323. The zero-order chi connectivity index (χ0) is 12.1. The summed E-state index contributed by atoms with van der Waals surface area (Å²) in [4.78, 5) is 19.8. The molecule has 0 saturated carbocycles. The number of amides is 1. The highest BCUT2D eigenvalue weighted by Gasteiger charge is 2.11. The Balaban J connectivity index is 2.80. The van der Waals surface area contributed by atoms with Gasteiger partial charge in [0, 0.05) is 19.5 Å². The maximum absolute atomic E-state index is 11.3. The minimum absolute atomic E-state index is 0.0761. The Morgan fingerprint density at radius 1 is 1.56 bits per heavy atom. The quantitative estimate of drug-likeness (QED) is 0.820. The first-order chi connectivity index (χ1) is 7.56. The molecule has 5 nitrogen and oxygen atoms in total. The molecule has 1 aromatic heterocycles. The first-order valence-electron chi connectivity index (χ1n) is 5.08. The van der Waals surface area contributed by atoms with E-state index in [2.05, 4.69) is 36.5 Å². The van der Waals surface area contributed by atoms with Gasteiger partial charge in [0.25, 0.3) is 0 Å². The van der Waals surface area contributed by atoms with Gasteiger partial charge in [0.1, 0.15) is 22.3 Å². The SMILES string of the molecule is CCc1nc(Br)cc(NC(C)C(=O)NC)n1. The molecule has 0 saturated heterocycles. The van der Waals surface area contributed by atoms with Crippen LogP contribution in [-0.4, -0.2) is 29.0 Å². The molecule has 1 atom stereocenters. The fraction of sp³-hybridized carbons (Fsp3) is 0.500. The van der Waals surface area contributed by atoms with Gasteiger partial charge in [-0.15, -0.1) is 0 Å². The zero-order valence-electron chi connectivity index (χ0n) is 9.54. The van der Waals surface area contributed by atoms with E-state index in [0.29, 0.717) is 10.4 Å². The van der Waals surface area contributed by atoms with Crippen LogP contribution in [0, 0.1) is 0 Å². The second kappa shape index (κ2) is 5.79. The standard InChI is InChI=1S/C10H15BrN4O/c1-4-8-14-7(11)5-9(15-8)13-6(2)10(16)12-3/h5-6H,4H2,1-3H3,(H,12,16)(H,13,14,15).